The Morgan fingerprint density at radius 2 is 1.91 bits per heavy atom. The van der Waals surface area contributed by atoms with E-state index in [2.05, 4.69) is 81.3 Å². The monoisotopic (exact) mass is 475 g/mol. The van der Waals surface area contributed by atoms with E-state index in [1.165, 1.54) is 52.6 Å². The molecule has 2 aliphatic heterocycles. The number of rotatable bonds is 5. The molecule has 6 heteroatoms. The molecule has 0 saturated carbocycles. The lowest BCUT2D eigenvalue weighted by atomic mass is 9.96. The van der Waals surface area contributed by atoms with Crippen molar-refractivity contribution in [3.05, 3.63) is 65.5 Å². The fraction of sp³-hybridized carbons (Fsp3) is 0.483. The first-order valence-electron chi connectivity index (χ1n) is 12.9. The maximum atomic E-state index is 13.9. The first kappa shape index (κ1) is 24.0. The zero-order chi connectivity index (χ0) is 24.6. The number of halogens is 1. The summed E-state index contributed by atoms with van der Waals surface area (Å²) in [5.41, 5.74) is 5.25. The molecule has 0 amide bonds. The van der Waals surface area contributed by atoms with Crippen molar-refractivity contribution in [2.45, 2.75) is 65.3 Å². The van der Waals surface area contributed by atoms with Gasteiger partial charge in [-0.05, 0) is 56.4 Å². The zero-order valence-corrected chi connectivity index (χ0v) is 21.4. The molecule has 2 aromatic heterocycles. The predicted molar refractivity (Wildman–Crippen MR) is 142 cm³/mol. The first-order chi connectivity index (χ1) is 16.8. The van der Waals surface area contributed by atoms with Crippen molar-refractivity contribution in [3.63, 3.8) is 0 Å². The number of likely N-dealkylation sites (tertiary alicyclic amines) is 1. The number of hydrogen-bond donors (Lipinski definition) is 2. The quantitative estimate of drug-likeness (QED) is 0.368. The van der Waals surface area contributed by atoms with Crippen LogP contribution < -0.4 is 0 Å². The normalized spacial score (nSPS) is 19.4. The van der Waals surface area contributed by atoms with Gasteiger partial charge in [0, 0.05) is 60.7 Å². The van der Waals surface area contributed by atoms with E-state index in [-0.39, 0.29) is 0 Å². The molecule has 0 spiro atoms. The number of para-hydroxylation sites is 1. The maximum absolute atomic E-state index is 13.9. The fourth-order valence-electron chi connectivity index (χ4n) is 5.51. The second-order valence-electron chi connectivity index (χ2n) is 11.1. The molecule has 2 aromatic carbocycles. The highest BCUT2D eigenvalue weighted by Crippen LogP contribution is 2.31. The van der Waals surface area contributed by atoms with E-state index in [4.69, 9.17) is 0 Å². The number of nitrogens with one attached hydrogen (secondary N) is 2. The highest BCUT2D eigenvalue weighted by Gasteiger charge is 2.30. The van der Waals surface area contributed by atoms with Gasteiger partial charge in [-0.3, -0.25) is 14.9 Å². The first-order valence-corrected chi connectivity index (χ1v) is 12.9. The lowest BCUT2D eigenvalue weighted by Gasteiger charge is -2.38. The third-order valence-electron chi connectivity index (χ3n) is 7.49. The van der Waals surface area contributed by atoms with Gasteiger partial charge < -0.3 is 4.98 Å². The van der Waals surface area contributed by atoms with Crippen molar-refractivity contribution < 1.29 is 4.39 Å². The minimum absolute atomic E-state index is 0.390. The summed E-state index contributed by atoms with van der Waals surface area (Å²) in [6, 6.07) is 15.4. The molecule has 5 nitrogen and oxygen atoms in total. The molecule has 6 rings (SSSR count). The van der Waals surface area contributed by atoms with Gasteiger partial charge in [0.1, 0.15) is 5.67 Å². The minimum atomic E-state index is -1.14. The predicted octanol–water partition coefficient (Wildman–Crippen LogP) is 6.07. The van der Waals surface area contributed by atoms with Crippen molar-refractivity contribution in [1.82, 2.24) is 25.0 Å². The van der Waals surface area contributed by atoms with Crippen molar-refractivity contribution in [3.8, 4) is 0 Å². The van der Waals surface area contributed by atoms with Gasteiger partial charge in [-0.2, -0.15) is 5.10 Å². The summed E-state index contributed by atoms with van der Waals surface area (Å²) >= 11 is 0. The van der Waals surface area contributed by atoms with Crippen LogP contribution in [0.15, 0.2) is 48.7 Å². The van der Waals surface area contributed by atoms with Crippen LogP contribution in [0.4, 0.5) is 4.39 Å². The Kier molecular flexibility index (Phi) is 6.69. The standard InChI is InChI=1S/C16H21FN2.C13H17N3/c1-11-8-13-12-6-4-5-7-14(12)18-15(13)9-19(11)10-16(2,3)17;1-2-10-7-16(8-10)9-11-3-4-12-6-14-15-13(12)5-11/h4-7,11,18H,8-10H2,1-3H3;3-6,10H,2,7-9H2,1H3,(H,14,15). The van der Waals surface area contributed by atoms with Gasteiger partial charge in [0.15, 0.2) is 0 Å². The van der Waals surface area contributed by atoms with Gasteiger partial charge in [0.2, 0.25) is 0 Å². The van der Waals surface area contributed by atoms with Crippen LogP contribution in [-0.4, -0.2) is 56.3 Å². The molecule has 1 saturated heterocycles. The van der Waals surface area contributed by atoms with Gasteiger partial charge in [-0.25, -0.2) is 4.39 Å². The zero-order valence-electron chi connectivity index (χ0n) is 21.4. The summed E-state index contributed by atoms with van der Waals surface area (Å²) in [4.78, 5) is 8.23. The molecule has 4 heterocycles. The summed E-state index contributed by atoms with van der Waals surface area (Å²) < 4.78 is 13.9. The van der Waals surface area contributed by atoms with Gasteiger partial charge in [0.05, 0.1) is 11.7 Å². The maximum Gasteiger partial charge on any atom is 0.118 e. The average molecular weight is 476 g/mol. The Bertz CT molecular complexity index is 1280. The van der Waals surface area contributed by atoms with Crippen LogP contribution in [0.3, 0.4) is 0 Å². The highest BCUT2D eigenvalue weighted by atomic mass is 19.1. The second-order valence-corrected chi connectivity index (χ2v) is 11.1. The van der Waals surface area contributed by atoms with E-state index in [0.29, 0.717) is 12.6 Å². The van der Waals surface area contributed by atoms with Crippen LogP contribution in [0, 0.1) is 5.92 Å². The molecule has 35 heavy (non-hydrogen) atoms. The van der Waals surface area contributed by atoms with Gasteiger partial charge in [0.25, 0.3) is 0 Å². The highest BCUT2D eigenvalue weighted by molar-refractivity contribution is 5.85. The average Bonchev–Trinajstić information content (AvgIpc) is 3.39. The van der Waals surface area contributed by atoms with Crippen molar-refractivity contribution in [2.24, 2.45) is 5.92 Å². The molecule has 0 bridgehead atoms. The topological polar surface area (TPSA) is 51.0 Å². The molecular formula is C29H38FN5. The third kappa shape index (κ3) is 5.44. The molecule has 0 radical (unpaired) electrons. The van der Waals surface area contributed by atoms with Gasteiger partial charge in [-0.1, -0.05) is 43.7 Å². The smallest absolute Gasteiger partial charge is 0.118 e. The molecule has 1 unspecified atom stereocenters. The molecular weight excluding hydrogens is 437 g/mol. The van der Waals surface area contributed by atoms with Crippen LogP contribution in [0.1, 0.15) is 50.9 Å². The van der Waals surface area contributed by atoms with E-state index in [1.54, 1.807) is 13.8 Å². The number of benzene rings is 2. The lowest BCUT2D eigenvalue weighted by molar-refractivity contribution is 0.0853. The number of nitrogens with zero attached hydrogens (tertiary/aromatic N) is 3. The summed E-state index contributed by atoms with van der Waals surface area (Å²) in [6.45, 7) is 12.7. The summed E-state index contributed by atoms with van der Waals surface area (Å²) in [5, 5.41) is 9.58. The Labute approximate surface area is 207 Å². The van der Waals surface area contributed by atoms with Crippen LogP contribution in [0.25, 0.3) is 21.8 Å². The molecule has 2 N–H and O–H groups in total. The number of hydrogen-bond acceptors (Lipinski definition) is 3. The van der Waals surface area contributed by atoms with E-state index in [9.17, 15) is 4.39 Å². The SMILES string of the molecule is CC1Cc2c([nH]c3ccccc23)CN1CC(C)(C)F.CCC1CN(Cc2ccc3cn[nH]c3c2)C1. The van der Waals surface area contributed by atoms with Crippen molar-refractivity contribution >= 4 is 21.8 Å². The van der Waals surface area contributed by atoms with E-state index in [0.717, 1.165) is 30.9 Å². The molecule has 1 atom stereocenters. The van der Waals surface area contributed by atoms with E-state index >= 15 is 0 Å². The Hall–Kier alpha value is -2.70. The number of alkyl halides is 1. The Morgan fingerprint density at radius 1 is 1.11 bits per heavy atom. The van der Waals surface area contributed by atoms with Crippen LogP contribution in [0.5, 0.6) is 0 Å². The number of fused-ring (bicyclic) bond motifs is 4. The summed E-state index contributed by atoms with van der Waals surface area (Å²) in [7, 11) is 0. The summed E-state index contributed by atoms with van der Waals surface area (Å²) in [6.07, 6.45) is 4.18. The van der Waals surface area contributed by atoms with E-state index in [1.807, 2.05) is 6.20 Å². The van der Waals surface area contributed by atoms with E-state index < -0.39 is 5.67 Å². The van der Waals surface area contributed by atoms with Gasteiger partial charge >= 0.3 is 0 Å². The van der Waals surface area contributed by atoms with Gasteiger partial charge in [-0.15, -0.1) is 0 Å². The van der Waals surface area contributed by atoms with Crippen LogP contribution in [-0.2, 0) is 19.5 Å². The Morgan fingerprint density at radius 3 is 2.69 bits per heavy atom. The van der Waals surface area contributed by atoms with Crippen molar-refractivity contribution in [1.29, 1.82) is 0 Å². The lowest BCUT2D eigenvalue weighted by Crippen LogP contribution is -2.45. The largest absolute Gasteiger partial charge is 0.357 e. The summed E-state index contributed by atoms with van der Waals surface area (Å²) in [5.74, 6) is 0.927. The third-order valence-corrected chi connectivity index (χ3v) is 7.49. The number of aromatic amines is 2. The fourth-order valence-corrected chi connectivity index (χ4v) is 5.51. The molecule has 2 aliphatic rings. The van der Waals surface area contributed by atoms with Crippen LogP contribution in [0.2, 0.25) is 0 Å². The molecule has 186 valence electrons. The van der Waals surface area contributed by atoms with Crippen LogP contribution >= 0.6 is 0 Å². The molecule has 4 aromatic rings. The molecule has 1 fully saturated rings. The second kappa shape index (κ2) is 9.75. The number of aromatic nitrogens is 3. The number of H-pyrrole nitrogens is 2. The molecule has 0 aliphatic carbocycles. The van der Waals surface area contributed by atoms with Crippen molar-refractivity contribution in [2.75, 3.05) is 19.6 Å². The Balaban J connectivity index is 0.000000147. The minimum Gasteiger partial charge on any atom is -0.357 e.